The van der Waals surface area contributed by atoms with Gasteiger partial charge in [-0.25, -0.2) is 0 Å². The molecule has 0 radical (unpaired) electrons. The minimum atomic E-state index is 0.694. The van der Waals surface area contributed by atoms with Gasteiger partial charge in [-0.05, 0) is 25.9 Å². The highest BCUT2D eigenvalue weighted by molar-refractivity contribution is 4.74. The molecule has 0 spiro atoms. The summed E-state index contributed by atoms with van der Waals surface area (Å²) in [7, 11) is 0. The molecule has 1 heterocycles. The summed E-state index contributed by atoms with van der Waals surface area (Å²) in [5.41, 5.74) is 0. The molecule has 0 aromatic carbocycles. The molecule has 0 aliphatic carbocycles. The van der Waals surface area contributed by atoms with E-state index in [-0.39, 0.29) is 0 Å². The number of nitriles is 1. The smallest absolute Gasteiger partial charge is 0.0635 e. The summed E-state index contributed by atoms with van der Waals surface area (Å²) in [6.45, 7) is 3.40. The predicted molar refractivity (Wildman–Crippen MR) is 35.9 cm³/mol. The molecule has 0 saturated carbocycles. The maximum atomic E-state index is 8.25. The second kappa shape index (κ2) is 3.47. The lowest BCUT2D eigenvalue weighted by molar-refractivity contribution is 0.347. The molecule has 0 N–H and O–H groups in total. The standard InChI is InChI=1S/C7H12N2/c8-4-3-7-9-5-1-2-6-9/h1-3,5-7H2. The van der Waals surface area contributed by atoms with E-state index in [2.05, 4.69) is 11.0 Å². The highest BCUT2D eigenvalue weighted by atomic mass is 15.1. The van der Waals surface area contributed by atoms with Crippen LogP contribution in [0.1, 0.15) is 19.3 Å². The third-order valence-corrected chi connectivity index (χ3v) is 1.74. The van der Waals surface area contributed by atoms with Crippen LogP contribution in [0.3, 0.4) is 0 Å². The van der Waals surface area contributed by atoms with Gasteiger partial charge in [-0.3, -0.25) is 0 Å². The van der Waals surface area contributed by atoms with Crippen LogP contribution in [0, 0.1) is 11.3 Å². The largest absolute Gasteiger partial charge is 0.302 e. The Balaban J connectivity index is 2.06. The fourth-order valence-corrected chi connectivity index (χ4v) is 1.21. The van der Waals surface area contributed by atoms with Gasteiger partial charge in [0.2, 0.25) is 0 Å². The molecule has 1 aliphatic heterocycles. The number of hydrogen-bond acceptors (Lipinski definition) is 2. The van der Waals surface area contributed by atoms with Crippen molar-refractivity contribution in [1.82, 2.24) is 4.90 Å². The van der Waals surface area contributed by atoms with Crippen molar-refractivity contribution in [3.63, 3.8) is 0 Å². The van der Waals surface area contributed by atoms with Crippen LogP contribution in [0.15, 0.2) is 0 Å². The highest BCUT2D eigenvalue weighted by Gasteiger charge is 2.09. The van der Waals surface area contributed by atoms with E-state index in [9.17, 15) is 0 Å². The van der Waals surface area contributed by atoms with Gasteiger partial charge >= 0.3 is 0 Å². The van der Waals surface area contributed by atoms with Crippen LogP contribution in [0.4, 0.5) is 0 Å². The Hall–Kier alpha value is -0.550. The summed E-state index contributed by atoms with van der Waals surface area (Å²) in [5.74, 6) is 0. The summed E-state index contributed by atoms with van der Waals surface area (Å²) in [6, 6.07) is 2.15. The topological polar surface area (TPSA) is 27.0 Å². The average molecular weight is 124 g/mol. The normalized spacial score (nSPS) is 19.9. The molecule has 0 aromatic heterocycles. The van der Waals surface area contributed by atoms with Crippen LogP contribution >= 0.6 is 0 Å². The molecule has 1 rings (SSSR count). The molecule has 50 valence electrons. The minimum Gasteiger partial charge on any atom is -0.302 e. The first kappa shape index (κ1) is 6.57. The number of rotatable bonds is 2. The first-order valence-electron chi connectivity index (χ1n) is 3.53. The molecule has 2 nitrogen and oxygen atoms in total. The quantitative estimate of drug-likeness (QED) is 0.549. The van der Waals surface area contributed by atoms with Crippen LogP contribution in [-0.4, -0.2) is 24.5 Å². The maximum absolute atomic E-state index is 8.25. The van der Waals surface area contributed by atoms with Gasteiger partial charge < -0.3 is 4.90 Å². The monoisotopic (exact) mass is 124 g/mol. The van der Waals surface area contributed by atoms with Gasteiger partial charge in [0.1, 0.15) is 0 Å². The number of hydrogen-bond donors (Lipinski definition) is 0. The van der Waals surface area contributed by atoms with Crippen LogP contribution in [0.5, 0.6) is 0 Å². The third-order valence-electron chi connectivity index (χ3n) is 1.74. The van der Waals surface area contributed by atoms with E-state index < -0.39 is 0 Å². The Labute approximate surface area is 56.1 Å². The van der Waals surface area contributed by atoms with Gasteiger partial charge in [0.25, 0.3) is 0 Å². The van der Waals surface area contributed by atoms with E-state index in [1.807, 2.05) is 0 Å². The Kier molecular flexibility index (Phi) is 2.53. The summed E-state index contributed by atoms with van der Waals surface area (Å²) >= 11 is 0. The van der Waals surface area contributed by atoms with E-state index in [0.717, 1.165) is 6.54 Å². The van der Waals surface area contributed by atoms with Crippen LogP contribution in [0.25, 0.3) is 0 Å². The van der Waals surface area contributed by atoms with Crippen molar-refractivity contribution in [1.29, 1.82) is 5.26 Å². The first-order valence-corrected chi connectivity index (χ1v) is 3.53. The SMILES string of the molecule is N#CCCN1CCCC1. The van der Waals surface area contributed by atoms with Gasteiger partial charge in [-0.1, -0.05) is 0 Å². The van der Waals surface area contributed by atoms with Crippen molar-refractivity contribution in [3.8, 4) is 6.07 Å². The fourth-order valence-electron chi connectivity index (χ4n) is 1.21. The Morgan fingerprint density at radius 1 is 1.33 bits per heavy atom. The van der Waals surface area contributed by atoms with Crippen molar-refractivity contribution >= 4 is 0 Å². The molecule has 0 bridgehead atoms. The maximum Gasteiger partial charge on any atom is 0.0635 e. The molecule has 0 amide bonds. The molecule has 9 heavy (non-hydrogen) atoms. The summed E-state index contributed by atoms with van der Waals surface area (Å²) in [5, 5.41) is 8.25. The lowest BCUT2D eigenvalue weighted by atomic mass is 10.4. The molecule has 0 unspecified atom stereocenters. The second-order valence-electron chi connectivity index (χ2n) is 2.46. The van der Waals surface area contributed by atoms with Crippen molar-refractivity contribution in [3.05, 3.63) is 0 Å². The third kappa shape index (κ3) is 2.03. The van der Waals surface area contributed by atoms with E-state index in [0.29, 0.717) is 6.42 Å². The van der Waals surface area contributed by atoms with Gasteiger partial charge in [-0.2, -0.15) is 5.26 Å². The molecule has 0 aromatic rings. The van der Waals surface area contributed by atoms with Crippen molar-refractivity contribution in [2.75, 3.05) is 19.6 Å². The van der Waals surface area contributed by atoms with E-state index in [4.69, 9.17) is 5.26 Å². The van der Waals surface area contributed by atoms with Crippen LogP contribution in [0.2, 0.25) is 0 Å². The summed E-state index contributed by atoms with van der Waals surface area (Å²) in [4.78, 5) is 2.35. The van der Waals surface area contributed by atoms with E-state index in [1.54, 1.807) is 0 Å². The Bertz CT molecular complexity index is 109. The van der Waals surface area contributed by atoms with E-state index in [1.165, 1.54) is 25.9 Å². The van der Waals surface area contributed by atoms with Crippen LogP contribution in [-0.2, 0) is 0 Å². The van der Waals surface area contributed by atoms with Gasteiger partial charge in [-0.15, -0.1) is 0 Å². The average Bonchev–Trinajstić information content (AvgIpc) is 2.34. The Morgan fingerprint density at radius 3 is 2.56 bits per heavy atom. The molecule has 1 aliphatic rings. The zero-order valence-electron chi connectivity index (χ0n) is 5.64. The molecular formula is C7H12N2. The van der Waals surface area contributed by atoms with Crippen molar-refractivity contribution in [2.45, 2.75) is 19.3 Å². The Morgan fingerprint density at radius 2 is 2.00 bits per heavy atom. The molecule has 1 saturated heterocycles. The van der Waals surface area contributed by atoms with Gasteiger partial charge in [0.05, 0.1) is 6.07 Å². The van der Waals surface area contributed by atoms with Crippen molar-refractivity contribution < 1.29 is 0 Å². The molecule has 0 atom stereocenters. The zero-order valence-corrected chi connectivity index (χ0v) is 5.64. The summed E-state index contributed by atoms with van der Waals surface area (Å²) in [6.07, 6.45) is 3.34. The predicted octanol–water partition coefficient (Wildman–Crippen LogP) is 0.996. The van der Waals surface area contributed by atoms with Gasteiger partial charge in [0, 0.05) is 13.0 Å². The lowest BCUT2D eigenvalue weighted by Gasteiger charge is -2.10. The second-order valence-corrected chi connectivity index (χ2v) is 2.46. The fraction of sp³-hybridized carbons (Fsp3) is 0.857. The number of nitrogens with zero attached hydrogens (tertiary/aromatic N) is 2. The first-order chi connectivity index (χ1) is 4.43. The molecule has 1 fully saturated rings. The van der Waals surface area contributed by atoms with Crippen LogP contribution < -0.4 is 0 Å². The highest BCUT2D eigenvalue weighted by Crippen LogP contribution is 2.06. The number of likely N-dealkylation sites (tertiary alicyclic amines) is 1. The lowest BCUT2D eigenvalue weighted by Crippen LogP contribution is -2.19. The van der Waals surface area contributed by atoms with Gasteiger partial charge in [0.15, 0.2) is 0 Å². The molecular weight excluding hydrogens is 112 g/mol. The summed E-state index contributed by atoms with van der Waals surface area (Å²) < 4.78 is 0. The van der Waals surface area contributed by atoms with Crippen molar-refractivity contribution in [2.24, 2.45) is 0 Å². The minimum absolute atomic E-state index is 0.694. The molecule has 2 heteroatoms. The zero-order chi connectivity index (χ0) is 6.53. The van der Waals surface area contributed by atoms with E-state index >= 15 is 0 Å².